The van der Waals surface area contributed by atoms with Gasteiger partial charge in [0.25, 0.3) is 10.0 Å². The number of aromatic nitrogens is 3. The van der Waals surface area contributed by atoms with Crippen LogP contribution in [0.5, 0.6) is 0 Å². The van der Waals surface area contributed by atoms with Crippen LogP contribution in [0.15, 0.2) is 33.9 Å². The first-order valence-electron chi connectivity index (χ1n) is 6.30. The average molecular weight is 373 g/mol. The van der Waals surface area contributed by atoms with E-state index in [1.54, 1.807) is 12.1 Å². The Labute approximate surface area is 132 Å². The van der Waals surface area contributed by atoms with Crippen LogP contribution in [0.1, 0.15) is 26.3 Å². The van der Waals surface area contributed by atoms with E-state index in [1.165, 1.54) is 11.7 Å². The van der Waals surface area contributed by atoms with Crippen LogP contribution in [0, 0.1) is 0 Å². The van der Waals surface area contributed by atoms with E-state index in [-0.39, 0.29) is 15.0 Å². The van der Waals surface area contributed by atoms with Gasteiger partial charge in [0.2, 0.25) is 5.03 Å². The van der Waals surface area contributed by atoms with E-state index in [4.69, 9.17) is 0 Å². The van der Waals surface area contributed by atoms with Gasteiger partial charge >= 0.3 is 0 Å². The maximum absolute atomic E-state index is 12.5. The fourth-order valence-corrected chi connectivity index (χ4v) is 4.21. The zero-order chi connectivity index (χ0) is 15.8. The maximum atomic E-state index is 12.5. The minimum Gasteiger partial charge on any atom is -0.278 e. The van der Waals surface area contributed by atoms with E-state index in [9.17, 15) is 8.42 Å². The van der Waals surface area contributed by atoms with Gasteiger partial charge in [-0.2, -0.15) is 8.42 Å². The highest BCUT2D eigenvalue weighted by atomic mass is 79.9. The molecule has 0 fully saturated rings. The van der Waals surface area contributed by atoms with Crippen LogP contribution in [0.25, 0.3) is 0 Å². The molecule has 0 aliphatic rings. The predicted molar refractivity (Wildman–Crippen MR) is 84.7 cm³/mol. The van der Waals surface area contributed by atoms with Crippen LogP contribution in [0.4, 0.5) is 5.69 Å². The number of sulfonamides is 1. The molecule has 2 rings (SSSR count). The lowest BCUT2D eigenvalue weighted by Gasteiger charge is -2.23. The third-order valence-corrected chi connectivity index (χ3v) is 5.22. The molecule has 0 saturated heterocycles. The number of hydrogen-bond acceptors (Lipinski definition) is 4. The van der Waals surface area contributed by atoms with Gasteiger partial charge in [0.05, 0.1) is 5.69 Å². The van der Waals surface area contributed by atoms with Gasteiger partial charge in [0, 0.05) is 7.05 Å². The lowest BCUT2D eigenvalue weighted by atomic mass is 9.86. The summed E-state index contributed by atoms with van der Waals surface area (Å²) in [7, 11) is -2.24. The summed E-state index contributed by atoms with van der Waals surface area (Å²) in [5.41, 5.74) is 1.29. The van der Waals surface area contributed by atoms with E-state index in [2.05, 4.69) is 31.0 Å². The normalized spacial score (nSPS) is 12.4. The highest BCUT2D eigenvalue weighted by molar-refractivity contribution is 9.10. The molecule has 1 heterocycles. The Bertz CT molecular complexity index is 743. The molecule has 1 aromatic heterocycles. The number of halogens is 1. The van der Waals surface area contributed by atoms with Crippen LogP contribution in [-0.2, 0) is 22.5 Å². The number of hydrogen-bond donors (Lipinski definition) is 1. The van der Waals surface area contributed by atoms with Crippen LogP contribution < -0.4 is 4.72 Å². The van der Waals surface area contributed by atoms with Crippen molar-refractivity contribution < 1.29 is 8.42 Å². The summed E-state index contributed by atoms with van der Waals surface area (Å²) in [4.78, 5) is 0. The van der Waals surface area contributed by atoms with Gasteiger partial charge < -0.3 is 0 Å². The van der Waals surface area contributed by atoms with Gasteiger partial charge in [-0.05, 0) is 33.0 Å². The highest BCUT2D eigenvalue weighted by Gasteiger charge is 2.26. The molecule has 21 heavy (non-hydrogen) atoms. The van der Waals surface area contributed by atoms with Crippen molar-refractivity contribution >= 4 is 31.6 Å². The summed E-state index contributed by atoms with van der Waals surface area (Å²) in [6.07, 6.45) is 0. The summed E-state index contributed by atoms with van der Waals surface area (Å²) < 4.78 is 29.1. The lowest BCUT2D eigenvalue weighted by Crippen LogP contribution is -2.21. The second kappa shape index (κ2) is 5.42. The summed E-state index contributed by atoms with van der Waals surface area (Å²) in [6.45, 7) is 6.09. The third kappa shape index (κ3) is 3.26. The first-order valence-corrected chi connectivity index (χ1v) is 8.58. The highest BCUT2D eigenvalue weighted by Crippen LogP contribution is 2.31. The summed E-state index contributed by atoms with van der Waals surface area (Å²) in [5, 5.41) is 7.39. The van der Waals surface area contributed by atoms with Gasteiger partial charge in [-0.15, -0.1) is 5.10 Å². The molecular formula is C13H17BrN4O2S. The molecule has 0 aliphatic carbocycles. The molecule has 0 aliphatic heterocycles. The lowest BCUT2D eigenvalue weighted by molar-refractivity contribution is 0.577. The van der Waals surface area contributed by atoms with Crippen molar-refractivity contribution in [1.29, 1.82) is 0 Å². The molecule has 6 nitrogen and oxygen atoms in total. The van der Waals surface area contributed by atoms with Gasteiger partial charge in [-0.1, -0.05) is 44.2 Å². The van der Waals surface area contributed by atoms with E-state index >= 15 is 0 Å². The predicted octanol–water partition coefficient (Wildman–Crippen LogP) is 2.68. The Hall–Kier alpha value is -1.41. The SMILES string of the molecule is Cn1nnc(Br)c1S(=O)(=O)Nc1ccccc1C(C)(C)C. The molecule has 2 aromatic rings. The molecule has 0 radical (unpaired) electrons. The van der Waals surface area contributed by atoms with Crippen molar-refractivity contribution in [2.45, 2.75) is 31.2 Å². The Morgan fingerprint density at radius 3 is 2.38 bits per heavy atom. The number of aryl methyl sites for hydroxylation is 1. The molecule has 1 aromatic carbocycles. The number of benzene rings is 1. The minimum absolute atomic E-state index is 0.00814. The topological polar surface area (TPSA) is 76.9 Å². The van der Waals surface area contributed by atoms with E-state index in [0.717, 1.165) is 5.56 Å². The summed E-state index contributed by atoms with van der Waals surface area (Å²) in [6, 6.07) is 7.34. The number of nitrogens with one attached hydrogen (secondary N) is 1. The van der Waals surface area contributed by atoms with Crippen LogP contribution in [0.3, 0.4) is 0 Å². The number of rotatable bonds is 3. The number of para-hydroxylation sites is 1. The second-order valence-electron chi connectivity index (χ2n) is 5.71. The molecule has 0 saturated carbocycles. The monoisotopic (exact) mass is 372 g/mol. The zero-order valence-electron chi connectivity index (χ0n) is 12.3. The molecule has 0 unspecified atom stereocenters. The number of anilines is 1. The molecule has 0 amide bonds. The standard InChI is InChI=1S/C13H17BrN4O2S/c1-13(2,3)9-7-5-6-8-10(9)16-21(19,20)12-11(14)15-17-18(12)4/h5-8,16H,1-4H3. The molecule has 1 N–H and O–H groups in total. The maximum Gasteiger partial charge on any atom is 0.281 e. The Morgan fingerprint density at radius 2 is 1.86 bits per heavy atom. The fourth-order valence-electron chi connectivity index (χ4n) is 2.03. The van der Waals surface area contributed by atoms with Gasteiger partial charge in [-0.3, -0.25) is 4.72 Å². The van der Waals surface area contributed by atoms with Crippen LogP contribution >= 0.6 is 15.9 Å². The van der Waals surface area contributed by atoms with Crippen LogP contribution in [0.2, 0.25) is 0 Å². The van der Waals surface area contributed by atoms with Crippen molar-refractivity contribution in [3.8, 4) is 0 Å². The zero-order valence-corrected chi connectivity index (χ0v) is 14.7. The van der Waals surface area contributed by atoms with Gasteiger partial charge in [0.1, 0.15) is 0 Å². The van der Waals surface area contributed by atoms with Crippen molar-refractivity contribution in [2.75, 3.05) is 4.72 Å². The van der Waals surface area contributed by atoms with Crippen molar-refractivity contribution in [3.05, 3.63) is 34.4 Å². The first-order chi connectivity index (χ1) is 9.63. The molecule has 8 heteroatoms. The van der Waals surface area contributed by atoms with Gasteiger partial charge in [-0.25, -0.2) is 4.68 Å². The number of nitrogens with zero attached hydrogens (tertiary/aromatic N) is 3. The van der Waals surface area contributed by atoms with E-state index in [0.29, 0.717) is 5.69 Å². The summed E-state index contributed by atoms with van der Waals surface area (Å²) >= 11 is 3.11. The largest absolute Gasteiger partial charge is 0.281 e. The Balaban J connectivity index is 2.48. The Kier molecular flexibility index (Phi) is 4.12. The van der Waals surface area contributed by atoms with Gasteiger partial charge in [0.15, 0.2) is 4.60 Å². The molecule has 0 spiro atoms. The van der Waals surface area contributed by atoms with Crippen LogP contribution in [-0.4, -0.2) is 23.4 Å². The molecule has 0 bridgehead atoms. The van der Waals surface area contributed by atoms with E-state index in [1.807, 2.05) is 32.9 Å². The van der Waals surface area contributed by atoms with Crippen molar-refractivity contribution in [1.82, 2.24) is 15.0 Å². The fraction of sp³-hybridized carbons (Fsp3) is 0.385. The van der Waals surface area contributed by atoms with Crippen molar-refractivity contribution in [2.24, 2.45) is 7.05 Å². The Morgan fingerprint density at radius 1 is 1.24 bits per heavy atom. The van der Waals surface area contributed by atoms with E-state index < -0.39 is 10.0 Å². The second-order valence-corrected chi connectivity index (χ2v) is 8.06. The summed E-state index contributed by atoms with van der Waals surface area (Å²) in [5.74, 6) is 0. The molecule has 114 valence electrons. The minimum atomic E-state index is -3.77. The smallest absolute Gasteiger partial charge is 0.278 e. The third-order valence-electron chi connectivity index (χ3n) is 2.97. The molecule has 0 atom stereocenters. The molecular weight excluding hydrogens is 356 g/mol. The van der Waals surface area contributed by atoms with Crippen molar-refractivity contribution in [3.63, 3.8) is 0 Å². The quantitative estimate of drug-likeness (QED) is 0.898. The first kappa shape index (κ1) is 16.0. The average Bonchev–Trinajstić information content (AvgIpc) is 2.68.